The fourth-order valence-corrected chi connectivity index (χ4v) is 3.85. The zero-order chi connectivity index (χ0) is 15.1. The topological polar surface area (TPSA) is 54.3 Å². The average Bonchev–Trinajstić information content (AvgIpc) is 3.09. The first-order valence-electron chi connectivity index (χ1n) is 8.24. The molecule has 1 aromatic heterocycles. The van der Waals surface area contributed by atoms with E-state index in [0.717, 1.165) is 29.6 Å². The molecule has 0 spiro atoms. The van der Waals surface area contributed by atoms with Gasteiger partial charge in [0.25, 0.3) is 0 Å². The van der Waals surface area contributed by atoms with E-state index >= 15 is 0 Å². The van der Waals surface area contributed by atoms with Gasteiger partial charge in [-0.15, -0.1) is 0 Å². The first-order chi connectivity index (χ1) is 10.7. The summed E-state index contributed by atoms with van der Waals surface area (Å²) in [5.41, 5.74) is 0.845. The molecule has 2 N–H and O–H groups in total. The Bertz CT molecular complexity index is 648. The van der Waals surface area contributed by atoms with Crippen molar-refractivity contribution in [1.29, 1.82) is 0 Å². The molecule has 1 aromatic carbocycles. The number of nitrogens with one attached hydrogen (secondary N) is 2. The van der Waals surface area contributed by atoms with Crippen molar-refractivity contribution in [2.45, 2.75) is 56.7 Å². The maximum atomic E-state index is 12.5. The highest BCUT2D eigenvalue weighted by molar-refractivity contribution is 5.85. The quantitative estimate of drug-likeness (QED) is 0.916. The number of benzene rings is 1. The van der Waals surface area contributed by atoms with E-state index in [0.29, 0.717) is 18.1 Å². The van der Waals surface area contributed by atoms with Gasteiger partial charge in [-0.1, -0.05) is 18.2 Å². The SMILES string of the molecule is CC(C(=O)NC1CC2CCC(C1)N2)c1cc2ccccc2o1. The van der Waals surface area contributed by atoms with Gasteiger partial charge >= 0.3 is 0 Å². The summed E-state index contributed by atoms with van der Waals surface area (Å²) in [7, 11) is 0. The first-order valence-corrected chi connectivity index (χ1v) is 8.24. The van der Waals surface area contributed by atoms with E-state index in [9.17, 15) is 4.79 Å². The molecule has 1 amide bonds. The maximum absolute atomic E-state index is 12.5. The van der Waals surface area contributed by atoms with Crippen molar-refractivity contribution in [3.05, 3.63) is 36.1 Å². The summed E-state index contributed by atoms with van der Waals surface area (Å²) in [6, 6.07) is 11.3. The van der Waals surface area contributed by atoms with Crippen LogP contribution in [0.5, 0.6) is 0 Å². The Morgan fingerprint density at radius 3 is 2.73 bits per heavy atom. The molecule has 22 heavy (non-hydrogen) atoms. The van der Waals surface area contributed by atoms with E-state index in [-0.39, 0.29) is 11.8 Å². The van der Waals surface area contributed by atoms with Gasteiger partial charge in [-0.2, -0.15) is 0 Å². The lowest BCUT2D eigenvalue weighted by Crippen LogP contribution is -2.48. The van der Waals surface area contributed by atoms with Gasteiger partial charge in [-0.05, 0) is 44.7 Å². The summed E-state index contributed by atoms with van der Waals surface area (Å²) in [6.07, 6.45) is 4.59. The maximum Gasteiger partial charge on any atom is 0.230 e. The van der Waals surface area contributed by atoms with Crippen LogP contribution in [0, 0.1) is 0 Å². The number of hydrogen-bond acceptors (Lipinski definition) is 3. The van der Waals surface area contributed by atoms with Crippen LogP contribution in [0.25, 0.3) is 11.0 Å². The molecular formula is C18H22N2O2. The normalized spacial score (nSPS) is 28.7. The Kier molecular flexibility index (Phi) is 3.41. The second-order valence-corrected chi connectivity index (χ2v) is 6.72. The Labute approximate surface area is 130 Å². The molecule has 0 saturated carbocycles. The monoisotopic (exact) mass is 298 g/mol. The highest BCUT2D eigenvalue weighted by Gasteiger charge is 2.34. The number of furan rings is 1. The first kappa shape index (κ1) is 13.8. The summed E-state index contributed by atoms with van der Waals surface area (Å²) in [5.74, 6) is 0.570. The van der Waals surface area contributed by atoms with Crippen LogP contribution in [0.1, 0.15) is 44.3 Å². The fraction of sp³-hybridized carbons (Fsp3) is 0.500. The predicted octanol–water partition coefficient (Wildman–Crippen LogP) is 2.94. The van der Waals surface area contributed by atoms with Crippen molar-refractivity contribution < 1.29 is 9.21 Å². The van der Waals surface area contributed by atoms with E-state index in [1.54, 1.807) is 0 Å². The second kappa shape index (κ2) is 5.43. The van der Waals surface area contributed by atoms with E-state index < -0.39 is 0 Å². The lowest BCUT2D eigenvalue weighted by molar-refractivity contribution is -0.123. The summed E-state index contributed by atoms with van der Waals surface area (Å²) >= 11 is 0. The summed E-state index contributed by atoms with van der Waals surface area (Å²) < 4.78 is 5.82. The van der Waals surface area contributed by atoms with Crippen molar-refractivity contribution in [1.82, 2.24) is 10.6 Å². The Morgan fingerprint density at radius 1 is 1.27 bits per heavy atom. The number of carbonyl (C=O) groups excluding carboxylic acids is 1. The third-order valence-corrected chi connectivity index (χ3v) is 5.08. The molecule has 2 bridgehead atoms. The number of hydrogen-bond donors (Lipinski definition) is 2. The largest absolute Gasteiger partial charge is 0.460 e. The van der Waals surface area contributed by atoms with Crippen molar-refractivity contribution in [2.24, 2.45) is 0 Å². The fourth-order valence-electron chi connectivity index (χ4n) is 3.85. The lowest BCUT2D eigenvalue weighted by atomic mass is 9.98. The van der Waals surface area contributed by atoms with Gasteiger partial charge in [-0.25, -0.2) is 0 Å². The number of para-hydroxylation sites is 1. The second-order valence-electron chi connectivity index (χ2n) is 6.72. The number of carbonyl (C=O) groups is 1. The Morgan fingerprint density at radius 2 is 2.00 bits per heavy atom. The van der Waals surface area contributed by atoms with E-state index in [2.05, 4.69) is 10.6 Å². The molecule has 2 aromatic rings. The van der Waals surface area contributed by atoms with Crippen LogP contribution < -0.4 is 10.6 Å². The van der Waals surface area contributed by atoms with Gasteiger partial charge in [0.1, 0.15) is 11.3 Å². The smallest absolute Gasteiger partial charge is 0.230 e. The van der Waals surface area contributed by atoms with Crippen LogP contribution in [0.15, 0.2) is 34.7 Å². The molecule has 2 aliphatic rings. The van der Waals surface area contributed by atoms with Crippen molar-refractivity contribution in [3.8, 4) is 0 Å². The summed E-state index contributed by atoms with van der Waals surface area (Å²) in [5, 5.41) is 7.88. The molecule has 3 unspecified atom stereocenters. The van der Waals surface area contributed by atoms with Crippen molar-refractivity contribution in [3.63, 3.8) is 0 Å². The molecule has 3 heterocycles. The molecule has 2 saturated heterocycles. The molecule has 3 atom stereocenters. The molecule has 2 aliphatic heterocycles. The minimum Gasteiger partial charge on any atom is -0.460 e. The van der Waals surface area contributed by atoms with Crippen molar-refractivity contribution >= 4 is 16.9 Å². The van der Waals surface area contributed by atoms with Crippen LogP contribution in [-0.4, -0.2) is 24.0 Å². The summed E-state index contributed by atoms with van der Waals surface area (Å²) in [4.78, 5) is 12.5. The predicted molar refractivity (Wildman–Crippen MR) is 85.7 cm³/mol. The van der Waals surface area contributed by atoms with Gasteiger partial charge in [-0.3, -0.25) is 4.79 Å². The molecule has 4 nitrogen and oxygen atoms in total. The molecule has 4 heteroatoms. The van der Waals surface area contributed by atoms with Gasteiger partial charge < -0.3 is 15.1 Å². The summed E-state index contributed by atoms with van der Waals surface area (Å²) in [6.45, 7) is 1.92. The van der Waals surface area contributed by atoms with E-state index in [1.165, 1.54) is 12.8 Å². The van der Waals surface area contributed by atoms with Crippen LogP contribution in [0.2, 0.25) is 0 Å². The molecule has 0 aliphatic carbocycles. The van der Waals surface area contributed by atoms with Crippen LogP contribution in [-0.2, 0) is 4.79 Å². The standard InChI is InChI=1S/C18H22N2O2/c1-11(17-8-12-4-2-3-5-16(12)22-17)18(21)20-15-9-13-6-7-14(10-15)19-13/h2-5,8,11,13-15,19H,6-7,9-10H2,1H3,(H,20,21). The Balaban J connectivity index is 1.45. The number of amides is 1. The molecule has 0 radical (unpaired) electrons. The minimum absolute atomic E-state index is 0.0744. The molecule has 4 rings (SSSR count). The number of piperidine rings is 1. The van der Waals surface area contributed by atoms with Crippen LogP contribution in [0.3, 0.4) is 0 Å². The van der Waals surface area contributed by atoms with Crippen LogP contribution >= 0.6 is 0 Å². The lowest BCUT2D eigenvalue weighted by Gasteiger charge is -2.30. The zero-order valence-electron chi connectivity index (χ0n) is 12.8. The highest BCUT2D eigenvalue weighted by Crippen LogP contribution is 2.28. The number of rotatable bonds is 3. The third-order valence-electron chi connectivity index (χ3n) is 5.08. The third kappa shape index (κ3) is 2.52. The van der Waals surface area contributed by atoms with Gasteiger partial charge in [0.05, 0.1) is 5.92 Å². The number of fused-ring (bicyclic) bond motifs is 3. The molecule has 116 valence electrons. The van der Waals surface area contributed by atoms with Gasteiger partial charge in [0, 0.05) is 23.5 Å². The van der Waals surface area contributed by atoms with E-state index in [1.807, 2.05) is 37.3 Å². The molecular weight excluding hydrogens is 276 g/mol. The zero-order valence-corrected chi connectivity index (χ0v) is 12.8. The van der Waals surface area contributed by atoms with Crippen LogP contribution in [0.4, 0.5) is 0 Å². The van der Waals surface area contributed by atoms with Crippen molar-refractivity contribution in [2.75, 3.05) is 0 Å². The van der Waals surface area contributed by atoms with Gasteiger partial charge in [0.2, 0.25) is 5.91 Å². The van der Waals surface area contributed by atoms with E-state index in [4.69, 9.17) is 4.42 Å². The average molecular weight is 298 g/mol. The minimum atomic E-state index is -0.250. The van der Waals surface area contributed by atoms with Gasteiger partial charge in [0.15, 0.2) is 0 Å². The molecule has 2 fully saturated rings. The Hall–Kier alpha value is -1.81. The highest BCUT2D eigenvalue weighted by atomic mass is 16.3.